The monoisotopic (exact) mass is 395 g/mol. The number of urea groups is 1. The number of benzene rings is 2. The summed E-state index contributed by atoms with van der Waals surface area (Å²) in [4.78, 5) is 25.4. The predicted molar refractivity (Wildman–Crippen MR) is 113 cm³/mol. The van der Waals surface area contributed by atoms with Crippen molar-refractivity contribution in [2.75, 3.05) is 13.1 Å². The average molecular weight is 396 g/mol. The van der Waals surface area contributed by atoms with Crippen molar-refractivity contribution in [3.8, 4) is 0 Å². The highest BCUT2D eigenvalue weighted by atomic mass is 16.4. The summed E-state index contributed by atoms with van der Waals surface area (Å²) in [6, 6.07) is 14.6. The smallest absolute Gasteiger partial charge is 0.335 e. The molecule has 0 saturated carbocycles. The van der Waals surface area contributed by atoms with Crippen LogP contribution in [0, 0.1) is 0 Å². The second-order valence-electron chi connectivity index (χ2n) is 7.55. The Balaban J connectivity index is 1.39. The normalized spacial score (nSPS) is 14.8. The number of carboxylic acid groups (broad SMARTS) is 1. The first-order valence-corrected chi connectivity index (χ1v) is 10.2. The van der Waals surface area contributed by atoms with Crippen molar-refractivity contribution in [3.05, 3.63) is 70.8 Å². The molecule has 1 fully saturated rings. The molecule has 0 aromatic heterocycles. The maximum Gasteiger partial charge on any atom is 0.335 e. The van der Waals surface area contributed by atoms with E-state index in [0.717, 1.165) is 17.7 Å². The van der Waals surface area contributed by atoms with E-state index in [4.69, 9.17) is 5.11 Å². The van der Waals surface area contributed by atoms with Gasteiger partial charge in [-0.15, -0.1) is 0 Å². The van der Waals surface area contributed by atoms with Crippen molar-refractivity contribution in [3.63, 3.8) is 0 Å². The molecule has 0 aliphatic carbocycles. The lowest BCUT2D eigenvalue weighted by Crippen LogP contribution is -2.34. The lowest BCUT2D eigenvalue weighted by molar-refractivity contribution is 0.0697. The summed E-state index contributed by atoms with van der Waals surface area (Å²) in [7, 11) is 0. The maximum atomic E-state index is 12.0. The molecule has 1 aliphatic rings. The Morgan fingerprint density at radius 2 is 1.24 bits per heavy atom. The maximum absolute atomic E-state index is 12.0. The number of carboxylic acids is 1. The van der Waals surface area contributed by atoms with Gasteiger partial charge in [-0.1, -0.05) is 49.2 Å². The molecule has 1 heterocycles. The van der Waals surface area contributed by atoms with Crippen LogP contribution in [0.3, 0.4) is 0 Å². The van der Waals surface area contributed by atoms with Gasteiger partial charge >= 0.3 is 12.0 Å². The van der Waals surface area contributed by atoms with Crippen LogP contribution in [0.4, 0.5) is 4.79 Å². The van der Waals surface area contributed by atoms with Gasteiger partial charge in [0, 0.05) is 19.6 Å². The summed E-state index contributed by atoms with van der Waals surface area (Å²) in [5.74, 6) is -0.959. The van der Waals surface area contributed by atoms with Gasteiger partial charge in [0.2, 0.25) is 0 Å². The molecule has 2 aromatic rings. The first kappa shape index (κ1) is 20.9. The van der Waals surface area contributed by atoms with E-state index < -0.39 is 5.97 Å². The number of carbonyl (C=O) groups is 2. The standard InChI is InChI=1S/C23H29N3O3/c27-22(28)21-11-9-19(10-12-21)16-25-23(29)24-15-18-5-7-20(8-6-18)17-26-13-3-1-2-4-14-26/h5-12H,1-4,13-17H2,(H,27,28)(H2,24,25,29). The van der Waals surface area contributed by atoms with Crippen LogP contribution < -0.4 is 10.6 Å². The van der Waals surface area contributed by atoms with Gasteiger partial charge in [-0.25, -0.2) is 9.59 Å². The van der Waals surface area contributed by atoms with Crippen LogP contribution in [0.25, 0.3) is 0 Å². The number of likely N-dealkylation sites (tertiary alicyclic amines) is 1. The van der Waals surface area contributed by atoms with Gasteiger partial charge in [0.25, 0.3) is 0 Å². The van der Waals surface area contributed by atoms with Crippen LogP contribution in [0.2, 0.25) is 0 Å². The van der Waals surface area contributed by atoms with Gasteiger partial charge in [-0.3, -0.25) is 4.90 Å². The lowest BCUT2D eigenvalue weighted by atomic mass is 10.1. The number of carbonyl (C=O) groups excluding carboxylic acids is 1. The van der Waals surface area contributed by atoms with Crippen molar-refractivity contribution >= 4 is 12.0 Å². The van der Waals surface area contributed by atoms with Crippen LogP contribution in [0.1, 0.15) is 52.7 Å². The summed E-state index contributed by atoms with van der Waals surface area (Å²) < 4.78 is 0. The number of nitrogens with zero attached hydrogens (tertiary/aromatic N) is 1. The Kier molecular flexibility index (Phi) is 7.64. The lowest BCUT2D eigenvalue weighted by Gasteiger charge is -2.19. The molecule has 3 N–H and O–H groups in total. The zero-order valence-electron chi connectivity index (χ0n) is 16.7. The van der Waals surface area contributed by atoms with Gasteiger partial charge in [0.05, 0.1) is 5.56 Å². The minimum atomic E-state index is -0.959. The quantitative estimate of drug-likeness (QED) is 0.667. The minimum Gasteiger partial charge on any atom is -0.478 e. The third-order valence-corrected chi connectivity index (χ3v) is 5.23. The number of amides is 2. The molecule has 0 atom stereocenters. The first-order valence-electron chi connectivity index (χ1n) is 10.2. The molecule has 0 radical (unpaired) electrons. The topological polar surface area (TPSA) is 81.7 Å². The van der Waals surface area contributed by atoms with Crippen LogP contribution in [-0.2, 0) is 19.6 Å². The average Bonchev–Trinajstić information content (AvgIpc) is 3.00. The van der Waals surface area contributed by atoms with Gasteiger partial charge < -0.3 is 15.7 Å². The van der Waals surface area contributed by atoms with E-state index in [0.29, 0.717) is 13.1 Å². The Labute approximate surface area is 171 Å². The van der Waals surface area contributed by atoms with Crippen LogP contribution in [0.5, 0.6) is 0 Å². The van der Waals surface area contributed by atoms with E-state index in [9.17, 15) is 9.59 Å². The fourth-order valence-electron chi connectivity index (χ4n) is 3.51. The van der Waals surface area contributed by atoms with E-state index in [1.165, 1.54) is 56.5 Å². The minimum absolute atomic E-state index is 0.234. The van der Waals surface area contributed by atoms with Gasteiger partial charge in [-0.2, -0.15) is 0 Å². The predicted octanol–water partition coefficient (Wildman–Crippen LogP) is 3.76. The van der Waals surface area contributed by atoms with E-state index in [-0.39, 0.29) is 11.6 Å². The molecule has 2 amide bonds. The molecule has 3 rings (SSSR count). The summed E-state index contributed by atoms with van der Waals surface area (Å²) in [5.41, 5.74) is 3.45. The number of aromatic carboxylic acids is 1. The molecular weight excluding hydrogens is 366 g/mol. The summed E-state index contributed by atoms with van der Waals surface area (Å²) in [5, 5.41) is 14.5. The highest BCUT2D eigenvalue weighted by Crippen LogP contribution is 2.14. The first-order chi connectivity index (χ1) is 14.1. The van der Waals surface area contributed by atoms with Crippen LogP contribution in [0.15, 0.2) is 48.5 Å². The third kappa shape index (κ3) is 6.91. The fourth-order valence-corrected chi connectivity index (χ4v) is 3.51. The molecule has 6 heteroatoms. The Morgan fingerprint density at radius 1 is 0.759 bits per heavy atom. The molecule has 154 valence electrons. The van der Waals surface area contributed by atoms with E-state index in [1.807, 2.05) is 0 Å². The van der Waals surface area contributed by atoms with E-state index in [2.05, 4.69) is 39.8 Å². The summed E-state index contributed by atoms with van der Waals surface area (Å²) >= 11 is 0. The molecule has 0 unspecified atom stereocenters. The Hall–Kier alpha value is -2.86. The number of nitrogens with one attached hydrogen (secondary N) is 2. The molecular formula is C23H29N3O3. The van der Waals surface area contributed by atoms with Crippen molar-refractivity contribution in [1.82, 2.24) is 15.5 Å². The molecule has 2 aromatic carbocycles. The fraction of sp³-hybridized carbons (Fsp3) is 0.391. The molecule has 0 bridgehead atoms. The van der Waals surface area contributed by atoms with Crippen molar-refractivity contribution < 1.29 is 14.7 Å². The largest absolute Gasteiger partial charge is 0.478 e. The molecule has 29 heavy (non-hydrogen) atoms. The van der Waals surface area contributed by atoms with Gasteiger partial charge in [-0.05, 0) is 54.8 Å². The highest BCUT2D eigenvalue weighted by Gasteiger charge is 2.09. The van der Waals surface area contributed by atoms with Crippen molar-refractivity contribution in [2.45, 2.75) is 45.3 Å². The second kappa shape index (κ2) is 10.6. The van der Waals surface area contributed by atoms with Crippen LogP contribution >= 0.6 is 0 Å². The number of hydrogen-bond acceptors (Lipinski definition) is 3. The Bertz CT molecular complexity index is 795. The van der Waals surface area contributed by atoms with Crippen LogP contribution in [-0.4, -0.2) is 35.1 Å². The van der Waals surface area contributed by atoms with Gasteiger partial charge in [0.1, 0.15) is 0 Å². The molecule has 1 aliphatic heterocycles. The zero-order chi connectivity index (χ0) is 20.5. The van der Waals surface area contributed by atoms with Gasteiger partial charge in [0.15, 0.2) is 0 Å². The van der Waals surface area contributed by atoms with E-state index in [1.54, 1.807) is 12.1 Å². The SMILES string of the molecule is O=C(NCc1ccc(CN2CCCCCC2)cc1)NCc1ccc(C(=O)O)cc1. The number of hydrogen-bond donors (Lipinski definition) is 3. The highest BCUT2D eigenvalue weighted by molar-refractivity contribution is 5.87. The Morgan fingerprint density at radius 3 is 1.76 bits per heavy atom. The third-order valence-electron chi connectivity index (χ3n) is 5.23. The van der Waals surface area contributed by atoms with Crippen molar-refractivity contribution in [2.24, 2.45) is 0 Å². The summed E-state index contributed by atoms with van der Waals surface area (Å²) in [6.45, 7) is 4.17. The molecule has 6 nitrogen and oxygen atoms in total. The second-order valence-corrected chi connectivity index (χ2v) is 7.55. The molecule has 1 saturated heterocycles. The number of rotatable bonds is 7. The van der Waals surface area contributed by atoms with Crippen molar-refractivity contribution in [1.29, 1.82) is 0 Å². The van der Waals surface area contributed by atoms with E-state index >= 15 is 0 Å². The molecule has 0 spiro atoms. The zero-order valence-corrected chi connectivity index (χ0v) is 16.7. The summed E-state index contributed by atoms with van der Waals surface area (Å²) in [6.07, 6.45) is 5.27.